The van der Waals surface area contributed by atoms with Crippen LogP contribution in [0.5, 0.6) is 0 Å². The molecule has 4 nitrogen and oxygen atoms in total. The highest BCUT2D eigenvalue weighted by molar-refractivity contribution is 5.73. The lowest BCUT2D eigenvalue weighted by atomic mass is 9.87. The SMILES string of the molecule is CC(=O)N[C@H](c1ccccn1)C1CCN(Cc2ccc(F)c(F)c2)CC1. The van der Waals surface area contributed by atoms with Gasteiger partial charge in [-0.2, -0.15) is 0 Å². The van der Waals surface area contributed by atoms with Crippen LogP contribution in [-0.2, 0) is 11.3 Å². The number of carbonyl (C=O) groups is 1. The van der Waals surface area contributed by atoms with E-state index in [2.05, 4.69) is 15.2 Å². The van der Waals surface area contributed by atoms with Crippen molar-refractivity contribution in [3.05, 3.63) is 65.5 Å². The molecule has 6 heteroatoms. The molecule has 138 valence electrons. The number of nitrogens with zero attached hydrogens (tertiary/aromatic N) is 2. The van der Waals surface area contributed by atoms with Gasteiger partial charge in [-0.3, -0.25) is 14.7 Å². The van der Waals surface area contributed by atoms with Crippen molar-refractivity contribution in [3.63, 3.8) is 0 Å². The Morgan fingerprint density at radius 1 is 1.23 bits per heavy atom. The van der Waals surface area contributed by atoms with E-state index in [0.717, 1.165) is 37.2 Å². The lowest BCUT2D eigenvalue weighted by molar-refractivity contribution is -0.120. The smallest absolute Gasteiger partial charge is 0.217 e. The Bertz CT molecular complexity index is 746. The zero-order valence-electron chi connectivity index (χ0n) is 14.8. The molecule has 0 aliphatic carbocycles. The topological polar surface area (TPSA) is 45.2 Å². The van der Waals surface area contributed by atoms with Gasteiger partial charge in [-0.25, -0.2) is 8.78 Å². The zero-order valence-corrected chi connectivity index (χ0v) is 14.8. The molecule has 1 atom stereocenters. The third-order valence-corrected chi connectivity index (χ3v) is 4.86. The third kappa shape index (κ3) is 4.64. The highest BCUT2D eigenvalue weighted by Crippen LogP contribution is 2.30. The normalized spacial score (nSPS) is 17.0. The number of pyridine rings is 1. The average Bonchev–Trinajstić information content (AvgIpc) is 2.64. The molecule has 0 saturated carbocycles. The van der Waals surface area contributed by atoms with Crippen LogP contribution in [0.25, 0.3) is 0 Å². The molecule has 2 aromatic rings. The van der Waals surface area contributed by atoms with Crippen LogP contribution in [0.1, 0.15) is 37.1 Å². The van der Waals surface area contributed by atoms with Crippen molar-refractivity contribution in [2.45, 2.75) is 32.4 Å². The predicted octanol–water partition coefficient (Wildman–Crippen LogP) is 3.45. The summed E-state index contributed by atoms with van der Waals surface area (Å²) in [7, 11) is 0. The van der Waals surface area contributed by atoms with Crippen LogP contribution in [0.4, 0.5) is 8.78 Å². The van der Waals surface area contributed by atoms with Crippen LogP contribution in [0.2, 0.25) is 0 Å². The first-order chi connectivity index (χ1) is 12.5. The van der Waals surface area contributed by atoms with Crippen LogP contribution in [0.15, 0.2) is 42.6 Å². The van der Waals surface area contributed by atoms with Crippen molar-refractivity contribution >= 4 is 5.91 Å². The molecule has 1 aromatic heterocycles. The Hall–Kier alpha value is -2.34. The molecule has 2 heterocycles. The number of carbonyl (C=O) groups excluding carboxylic acids is 1. The van der Waals surface area contributed by atoms with Gasteiger partial charge in [0.15, 0.2) is 11.6 Å². The largest absolute Gasteiger partial charge is 0.348 e. The minimum absolute atomic E-state index is 0.0649. The fourth-order valence-corrected chi connectivity index (χ4v) is 3.55. The van der Waals surface area contributed by atoms with Crippen molar-refractivity contribution in [3.8, 4) is 0 Å². The standard InChI is InChI=1S/C20H23F2N3O/c1-14(26)24-20(19-4-2-3-9-23-19)16-7-10-25(11-8-16)13-15-5-6-17(21)18(22)12-15/h2-6,9,12,16,20H,7-8,10-11,13H2,1H3,(H,24,26)/t20-/m0/s1. The Morgan fingerprint density at radius 3 is 2.62 bits per heavy atom. The molecular weight excluding hydrogens is 336 g/mol. The number of hydrogen-bond donors (Lipinski definition) is 1. The van der Waals surface area contributed by atoms with Crippen molar-refractivity contribution < 1.29 is 13.6 Å². The molecule has 0 unspecified atom stereocenters. The molecule has 1 N–H and O–H groups in total. The second kappa shape index (κ2) is 8.36. The van der Waals surface area contributed by atoms with Gasteiger partial charge in [0, 0.05) is 19.7 Å². The van der Waals surface area contributed by atoms with E-state index < -0.39 is 11.6 Å². The lowest BCUT2D eigenvalue weighted by Crippen LogP contribution is -2.40. The van der Waals surface area contributed by atoms with Crippen molar-refractivity contribution in [2.24, 2.45) is 5.92 Å². The summed E-state index contributed by atoms with van der Waals surface area (Å²) in [5.74, 6) is -1.39. The number of aromatic nitrogens is 1. The first-order valence-electron chi connectivity index (χ1n) is 8.87. The van der Waals surface area contributed by atoms with Gasteiger partial charge < -0.3 is 5.32 Å². The molecule has 3 rings (SSSR count). The van der Waals surface area contributed by atoms with E-state index in [9.17, 15) is 13.6 Å². The van der Waals surface area contributed by atoms with Crippen LogP contribution < -0.4 is 5.32 Å². The highest BCUT2D eigenvalue weighted by atomic mass is 19.2. The first kappa shape index (κ1) is 18.5. The quantitative estimate of drug-likeness (QED) is 0.889. The molecule has 1 saturated heterocycles. The van der Waals surface area contributed by atoms with E-state index in [-0.39, 0.29) is 11.9 Å². The maximum absolute atomic E-state index is 13.4. The van der Waals surface area contributed by atoms with E-state index in [1.54, 1.807) is 12.3 Å². The number of halogens is 2. The van der Waals surface area contributed by atoms with Crippen LogP contribution in [0, 0.1) is 17.6 Å². The van der Waals surface area contributed by atoms with Gasteiger partial charge in [-0.1, -0.05) is 12.1 Å². The molecule has 1 fully saturated rings. The summed E-state index contributed by atoms with van der Waals surface area (Å²) >= 11 is 0. The summed E-state index contributed by atoms with van der Waals surface area (Å²) in [4.78, 5) is 18.3. The van der Waals surface area contributed by atoms with Crippen LogP contribution >= 0.6 is 0 Å². The number of piperidine rings is 1. The number of amides is 1. The molecule has 1 aliphatic rings. The van der Waals surface area contributed by atoms with Gasteiger partial charge in [0.25, 0.3) is 0 Å². The molecule has 1 amide bonds. The van der Waals surface area contributed by atoms with E-state index in [1.165, 1.54) is 19.1 Å². The Balaban J connectivity index is 1.62. The number of benzene rings is 1. The fourth-order valence-electron chi connectivity index (χ4n) is 3.55. The summed E-state index contributed by atoms with van der Waals surface area (Å²) in [5, 5.41) is 3.03. The minimum Gasteiger partial charge on any atom is -0.348 e. The number of likely N-dealkylation sites (tertiary alicyclic amines) is 1. The Morgan fingerprint density at radius 2 is 2.00 bits per heavy atom. The van der Waals surface area contributed by atoms with Gasteiger partial charge in [-0.15, -0.1) is 0 Å². The summed E-state index contributed by atoms with van der Waals surface area (Å²) < 4.78 is 26.4. The maximum atomic E-state index is 13.4. The second-order valence-corrected chi connectivity index (χ2v) is 6.79. The van der Waals surface area contributed by atoms with Crippen molar-refractivity contribution in [1.29, 1.82) is 0 Å². The summed E-state index contributed by atoms with van der Waals surface area (Å²) in [6, 6.07) is 9.68. The molecule has 1 aliphatic heterocycles. The van der Waals surface area contributed by atoms with Crippen LogP contribution in [0.3, 0.4) is 0 Å². The molecule has 0 radical (unpaired) electrons. The van der Waals surface area contributed by atoms with Gasteiger partial charge in [0.2, 0.25) is 5.91 Å². The van der Waals surface area contributed by atoms with E-state index in [4.69, 9.17) is 0 Å². The molecule has 1 aromatic carbocycles. The third-order valence-electron chi connectivity index (χ3n) is 4.86. The Kier molecular flexibility index (Phi) is 5.93. The van der Waals surface area contributed by atoms with Gasteiger partial charge in [0.1, 0.15) is 0 Å². The monoisotopic (exact) mass is 359 g/mol. The Labute approximate surface area is 152 Å². The number of hydrogen-bond acceptors (Lipinski definition) is 3. The molecule has 26 heavy (non-hydrogen) atoms. The van der Waals surface area contributed by atoms with Crippen molar-refractivity contribution in [2.75, 3.05) is 13.1 Å². The molecular formula is C20H23F2N3O. The average molecular weight is 359 g/mol. The first-order valence-corrected chi connectivity index (χ1v) is 8.87. The minimum atomic E-state index is -0.819. The zero-order chi connectivity index (χ0) is 18.5. The predicted molar refractivity (Wildman–Crippen MR) is 95.2 cm³/mol. The summed E-state index contributed by atoms with van der Waals surface area (Å²) in [6.45, 7) is 3.80. The second-order valence-electron chi connectivity index (χ2n) is 6.79. The van der Waals surface area contributed by atoms with Gasteiger partial charge in [-0.05, 0) is 61.7 Å². The van der Waals surface area contributed by atoms with Gasteiger partial charge in [0.05, 0.1) is 11.7 Å². The van der Waals surface area contributed by atoms with E-state index >= 15 is 0 Å². The summed E-state index contributed by atoms with van der Waals surface area (Å²) in [5.41, 5.74) is 1.65. The molecule has 0 bridgehead atoms. The van der Waals surface area contributed by atoms with Crippen LogP contribution in [-0.4, -0.2) is 28.9 Å². The number of rotatable bonds is 5. The van der Waals surface area contributed by atoms with E-state index in [1.807, 2.05) is 18.2 Å². The van der Waals surface area contributed by atoms with E-state index in [0.29, 0.717) is 12.5 Å². The number of nitrogens with one attached hydrogen (secondary N) is 1. The van der Waals surface area contributed by atoms with Gasteiger partial charge >= 0.3 is 0 Å². The molecule has 0 spiro atoms. The lowest BCUT2D eigenvalue weighted by Gasteiger charge is -2.36. The summed E-state index contributed by atoms with van der Waals surface area (Å²) in [6.07, 6.45) is 3.55. The maximum Gasteiger partial charge on any atom is 0.217 e. The van der Waals surface area contributed by atoms with Crippen molar-refractivity contribution in [1.82, 2.24) is 15.2 Å². The highest BCUT2D eigenvalue weighted by Gasteiger charge is 2.29. The fraction of sp³-hybridized carbons (Fsp3) is 0.400.